The summed E-state index contributed by atoms with van der Waals surface area (Å²) in [6.45, 7) is 6.30. The molecule has 0 aliphatic carbocycles. The third-order valence-corrected chi connectivity index (χ3v) is 12.4. The van der Waals surface area contributed by atoms with Crippen molar-refractivity contribution in [3.8, 4) is 51.2 Å². The first-order valence-electron chi connectivity index (χ1n) is 21.6. The molecular formula is C58H40N6. The van der Waals surface area contributed by atoms with Gasteiger partial charge in [-0.15, -0.1) is 0 Å². The fourth-order valence-corrected chi connectivity index (χ4v) is 9.55. The van der Waals surface area contributed by atoms with Gasteiger partial charge in [-0.05, 0) is 91.9 Å². The Bertz CT molecular complexity index is 3680. The number of benzene rings is 8. The van der Waals surface area contributed by atoms with Crippen LogP contribution in [-0.4, -0.2) is 28.7 Å². The zero-order valence-electron chi connectivity index (χ0n) is 35.1. The van der Waals surface area contributed by atoms with E-state index in [9.17, 15) is 0 Å². The SMILES string of the molecule is C=Cc1c(/C=C\C)n(-c2ccc3c(c2)c2cc(-n4c5ccccc5c5ccccc54)ccc2n3-c2ccc(-c3nc(-c4ccccc4)nc(-c4ccccc4)n3)cc2)c2ccccc12. The molecule has 6 nitrogen and oxygen atoms in total. The fourth-order valence-electron chi connectivity index (χ4n) is 9.55. The molecule has 0 bridgehead atoms. The third kappa shape index (κ3) is 5.92. The maximum atomic E-state index is 5.01. The predicted molar refractivity (Wildman–Crippen MR) is 266 cm³/mol. The van der Waals surface area contributed by atoms with Gasteiger partial charge in [0.25, 0.3) is 0 Å². The molecular weight excluding hydrogens is 781 g/mol. The molecule has 0 radical (unpaired) electrons. The monoisotopic (exact) mass is 820 g/mol. The van der Waals surface area contributed by atoms with Crippen LogP contribution in [-0.2, 0) is 0 Å². The predicted octanol–water partition coefficient (Wildman–Crippen LogP) is 14.7. The van der Waals surface area contributed by atoms with Gasteiger partial charge < -0.3 is 13.7 Å². The molecule has 302 valence electrons. The smallest absolute Gasteiger partial charge is 0.164 e. The van der Waals surface area contributed by atoms with Crippen molar-refractivity contribution in [2.45, 2.75) is 6.92 Å². The molecule has 12 rings (SSSR count). The van der Waals surface area contributed by atoms with Crippen LogP contribution in [0.4, 0.5) is 0 Å². The number of rotatable bonds is 8. The molecule has 64 heavy (non-hydrogen) atoms. The van der Waals surface area contributed by atoms with Gasteiger partial charge in [0, 0.05) is 66.2 Å². The van der Waals surface area contributed by atoms with Gasteiger partial charge in [0.05, 0.1) is 33.3 Å². The van der Waals surface area contributed by atoms with Crippen LogP contribution in [0.1, 0.15) is 18.2 Å². The van der Waals surface area contributed by atoms with Crippen LogP contribution in [0, 0.1) is 0 Å². The first kappa shape index (κ1) is 37.2. The molecule has 8 aromatic carbocycles. The average Bonchev–Trinajstić information content (AvgIpc) is 3.99. The molecule has 6 heteroatoms. The molecule has 0 unspecified atom stereocenters. The van der Waals surface area contributed by atoms with Crippen LogP contribution in [0.5, 0.6) is 0 Å². The van der Waals surface area contributed by atoms with Crippen LogP contribution >= 0.6 is 0 Å². The molecule has 0 N–H and O–H groups in total. The van der Waals surface area contributed by atoms with E-state index in [-0.39, 0.29) is 0 Å². The Morgan fingerprint density at radius 2 is 0.766 bits per heavy atom. The lowest BCUT2D eigenvalue weighted by atomic mass is 10.1. The minimum absolute atomic E-state index is 0.622. The lowest BCUT2D eigenvalue weighted by Gasteiger charge is -2.12. The zero-order chi connectivity index (χ0) is 42.7. The van der Waals surface area contributed by atoms with Crippen molar-refractivity contribution in [1.82, 2.24) is 28.7 Å². The van der Waals surface area contributed by atoms with Crippen molar-refractivity contribution in [2.75, 3.05) is 0 Å². The highest BCUT2D eigenvalue weighted by Crippen LogP contribution is 2.40. The molecule has 0 amide bonds. The van der Waals surface area contributed by atoms with Gasteiger partial charge in [-0.25, -0.2) is 15.0 Å². The molecule has 0 atom stereocenters. The largest absolute Gasteiger partial charge is 0.309 e. The van der Waals surface area contributed by atoms with E-state index in [0.717, 1.165) is 72.3 Å². The summed E-state index contributed by atoms with van der Waals surface area (Å²) < 4.78 is 7.14. The van der Waals surface area contributed by atoms with Crippen molar-refractivity contribution < 1.29 is 0 Å². The summed E-state index contributed by atoms with van der Waals surface area (Å²) in [6.07, 6.45) is 6.26. The Kier molecular flexibility index (Phi) is 8.76. The number of aromatic nitrogens is 6. The second-order valence-electron chi connectivity index (χ2n) is 16.0. The summed E-state index contributed by atoms with van der Waals surface area (Å²) in [4.78, 5) is 14.9. The summed E-state index contributed by atoms with van der Waals surface area (Å²) in [6, 6.07) is 68.5. The number of nitrogens with zero attached hydrogens (tertiary/aromatic N) is 6. The van der Waals surface area contributed by atoms with Crippen LogP contribution in [0.15, 0.2) is 207 Å². The molecule has 0 fully saturated rings. The van der Waals surface area contributed by atoms with Gasteiger partial charge >= 0.3 is 0 Å². The number of allylic oxidation sites excluding steroid dienone is 1. The Morgan fingerprint density at radius 3 is 1.27 bits per heavy atom. The summed E-state index contributed by atoms with van der Waals surface area (Å²) in [5, 5.41) is 5.96. The number of hydrogen-bond acceptors (Lipinski definition) is 3. The van der Waals surface area contributed by atoms with Crippen molar-refractivity contribution in [1.29, 1.82) is 0 Å². The highest BCUT2D eigenvalue weighted by molar-refractivity contribution is 6.13. The standard InChI is InChI=1S/C58H40N6/c1-3-17-50-44(4-2)45-22-11-14-25-51(45)63(50)42-32-34-54-48(36-42)49-37-43(64-52-26-15-12-23-46(52)47-24-13-16-27-53(47)64)33-35-55(49)62(54)41-30-28-40(29-31-41)58-60-56(38-18-7-5-8-19-38)59-57(61-58)39-20-9-6-10-21-39/h3-37H,2H2,1H3/b17-3-. The summed E-state index contributed by atoms with van der Waals surface area (Å²) in [5.74, 6) is 1.90. The van der Waals surface area contributed by atoms with Crippen LogP contribution in [0.25, 0.3) is 118 Å². The van der Waals surface area contributed by atoms with Crippen LogP contribution in [0.2, 0.25) is 0 Å². The molecule has 4 heterocycles. The minimum atomic E-state index is 0.622. The second kappa shape index (κ2) is 15.1. The lowest BCUT2D eigenvalue weighted by molar-refractivity contribution is 1.07. The molecule has 0 saturated carbocycles. The third-order valence-electron chi connectivity index (χ3n) is 12.4. The first-order chi connectivity index (χ1) is 31.7. The molecule has 0 saturated heterocycles. The van der Waals surface area contributed by atoms with Gasteiger partial charge in [0.2, 0.25) is 0 Å². The van der Waals surface area contributed by atoms with E-state index in [4.69, 9.17) is 15.0 Å². The van der Waals surface area contributed by atoms with Crippen LogP contribution < -0.4 is 0 Å². The second-order valence-corrected chi connectivity index (χ2v) is 16.0. The van der Waals surface area contributed by atoms with E-state index in [1.54, 1.807) is 0 Å². The Morgan fingerprint density at radius 1 is 0.375 bits per heavy atom. The van der Waals surface area contributed by atoms with E-state index in [2.05, 4.69) is 173 Å². The molecule has 0 aliphatic rings. The van der Waals surface area contributed by atoms with E-state index in [1.165, 1.54) is 27.2 Å². The molecule has 4 aromatic heterocycles. The van der Waals surface area contributed by atoms with Gasteiger partial charge in [0.15, 0.2) is 17.5 Å². The number of para-hydroxylation sites is 3. The van der Waals surface area contributed by atoms with E-state index in [1.807, 2.05) is 66.7 Å². The van der Waals surface area contributed by atoms with Crippen molar-refractivity contribution in [3.63, 3.8) is 0 Å². The molecule has 0 aliphatic heterocycles. The van der Waals surface area contributed by atoms with E-state index in [0.29, 0.717) is 17.5 Å². The van der Waals surface area contributed by atoms with Gasteiger partial charge in [-0.1, -0.05) is 134 Å². The average molecular weight is 821 g/mol. The van der Waals surface area contributed by atoms with Gasteiger partial charge in [-0.2, -0.15) is 0 Å². The summed E-state index contributed by atoms with van der Waals surface area (Å²) in [7, 11) is 0. The Labute approximate surface area is 370 Å². The maximum Gasteiger partial charge on any atom is 0.164 e. The number of hydrogen-bond donors (Lipinski definition) is 0. The number of fused-ring (bicyclic) bond motifs is 7. The quantitative estimate of drug-likeness (QED) is 0.153. The van der Waals surface area contributed by atoms with Crippen molar-refractivity contribution in [3.05, 3.63) is 218 Å². The lowest BCUT2D eigenvalue weighted by Crippen LogP contribution is -2.00. The van der Waals surface area contributed by atoms with Gasteiger partial charge in [-0.3, -0.25) is 0 Å². The van der Waals surface area contributed by atoms with Crippen LogP contribution in [0.3, 0.4) is 0 Å². The highest BCUT2D eigenvalue weighted by atomic mass is 15.0. The fraction of sp³-hybridized carbons (Fsp3) is 0.0172. The Hall–Kier alpha value is -8.61. The topological polar surface area (TPSA) is 53.5 Å². The molecule has 12 aromatic rings. The molecule has 0 spiro atoms. The van der Waals surface area contributed by atoms with E-state index >= 15 is 0 Å². The Balaban J connectivity index is 1.07. The normalized spacial score (nSPS) is 11.8. The first-order valence-corrected chi connectivity index (χ1v) is 21.6. The highest BCUT2D eigenvalue weighted by Gasteiger charge is 2.20. The summed E-state index contributed by atoms with van der Waals surface area (Å²) >= 11 is 0. The summed E-state index contributed by atoms with van der Waals surface area (Å²) in [5.41, 5.74) is 14.0. The van der Waals surface area contributed by atoms with Crippen molar-refractivity contribution >= 4 is 66.7 Å². The van der Waals surface area contributed by atoms with Gasteiger partial charge in [0.1, 0.15) is 0 Å². The zero-order valence-corrected chi connectivity index (χ0v) is 35.1. The van der Waals surface area contributed by atoms with E-state index < -0.39 is 0 Å². The maximum absolute atomic E-state index is 5.01. The minimum Gasteiger partial charge on any atom is -0.309 e. The van der Waals surface area contributed by atoms with Crippen molar-refractivity contribution in [2.24, 2.45) is 0 Å².